The minimum atomic E-state index is -0.497. The highest BCUT2D eigenvalue weighted by molar-refractivity contribution is 6.30. The van der Waals surface area contributed by atoms with E-state index in [0.717, 1.165) is 5.56 Å². The van der Waals surface area contributed by atoms with Crippen molar-refractivity contribution in [1.82, 2.24) is 10.3 Å². The van der Waals surface area contributed by atoms with E-state index in [1.165, 1.54) is 12.1 Å². The van der Waals surface area contributed by atoms with Gasteiger partial charge in [-0.05, 0) is 54.8 Å². The normalized spacial score (nSPS) is 21.1. The zero-order chi connectivity index (χ0) is 20.5. The molecule has 0 aliphatic carbocycles. The second-order valence-electron chi connectivity index (χ2n) is 7.28. The average molecular weight is 415 g/mol. The molecule has 2 aliphatic heterocycles. The molecule has 2 aromatic carbocycles. The van der Waals surface area contributed by atoms with Crippen LogP contribution >= 0.6 is 11.6 Å². The molecule has 2 amide bonds. The van der Waals surface area contributed by atoms with Crippen LogP contribution in [-0.4, -0.2) is 29.1 Å². The Bertz CT molecular complexity index is 1010. The molecule has 1 saturated heterocycles. The second kappa shape index (κ2) is 7.83. The summed E-state index contributed by atoms with van der Waals surface area (Å²) in [7, 11) is 0. The molecule has 0 aromatic heterocycles. The van der Waals surface area contributed by atoms with Crippen molar-refractivity contribution in [2.45, 2.75) is 25.8 Å². The molecule has 0 radical (unpaired) electrons. The number of nitrogens with zero attached hydrogens (tertiary/aromatic N) is 2. The van der Waals surface area contributed by atoms with Gasteiger partial charge in [-0.25, -0.2) is 9.82 Å². The van der Waals surface area contributed by atoms with Crippen molar-refractivity contribution >= 4 is 34.9 Å². The number of hydrogen-bond donors (Lipinski definition) is 2. The van der Waals surface area contributed by atoms with Crippen LogP contribution in [0.3, 0.4) is 0 Å². The number of amides is 2. The van der Waals surface area contributed by atoms with Gasteiger partial charge < -0.3 is 10.2 Å². The van der Waals surface area contributed by atoms with Crippen LogP contribution < -0.4 is 10.7 Å². The predicted molar refractivity (Wildman–Crippen MR) is 109 cm³/mol. The molecular formula is C21H20ClFN4O2. The van der Waals surface area contributed by atoms with Gasteiger partial charge in [0.2, 0.25) is 5.91 Å². The third kappa shape index (κ3) is 3.96. The Morgan fingerprint density at radius 3 is 2.93 bits per heavy atom. The third-order valence-electron chi connectivity index (χ3n) is 5.34. The van der Waals surface area contributed by atoms with Gasteiger partial charge in [-0.2, -0.15) is 5.10 Å². The number of hydrogen-bond acceptors (Lipinski definition) is 4. The molecule has 2 atom stereocenters. The number of fused-ring (bicyclic) bond motifs is 1. The van der Waals surface area contributed by atoms with Crippen LogP contribution in [0.1, 0.15) is 30.0 Å². The van der Waals surface area contributed by atoms with Crippen LogP contribution in [0.5, 0.6) is 0 Å². The number of anilines is 1. The Balaban J connectivity index is 1.72. The predicted octanol–water partition coefficient (Wildman–Crippen LogP) is 3.62. The number of amidine groups is 1. The molecule has 2 heterocycles. The average Bonchev–Trinajstić information content (AvgIpc) is 2.69. The highest BCUT2D eigenvalue weighted by atomic mass is 35.5. The van der Waals surface area contributed by atoms with Gasteiger partial charge in [-0.1, -0.05) is 23.7 Å². The lowest BCUT2D eigenvalue weighted by atomic mass is 9.81. The van der Waals surface area contributed by atoms with Gasteiger partial charge in [-0.3, -0.25) is 9.59 Å². The summed E-state index contributed by atoms with van der Waals surface area (Å²) < 4.78 is 14.1. The van der Waals surface area contributed by atoms with E-state index >= 15 is 0 Å². The largest absolute Gasteiger partial charge is 0.341 e. The topological polar surface area (TPSA) is 73.8 Å². The molecule has 0 saturated carbocycles. The Hall–Kier alpha value is -2.93. The molecule has 29 heavy (non-hydrogen) atoms. The van der Waals surface area contributed by atoms with Gasteiger partial charge in [0.05, 0.1) is 12.0 Å². The summed E-state index contributed by atoms with van der Waals surface area (Å²) in [4.78, 5) is 27.0. The van der Waals surface area contributed by atoms with E-state index in [1.54, 1.807) is 30.3 Å². The zero-order valence-corrected chi connectivity index (χ0v) is 16.5. The maximum Gasteiger partial charge on any atom is 0.259 e. The lowest BCUT2D eigenvalue weighted by Gasteiger charge is -2.44. The van der Waals surface area contributed by atoms with Gasteiger partial charge in [-0.15, -0.1) is 0 Å². The number of aryl methyl sites for hydroxylation is 1. The Kier molecular flexibility index (Phi) is 5.24. The molecule has 1 unspecified atom stereocenters. The van der Waals surface area contributed by atoms with Crippen LogP contribution in [0, 0.1) is 18.7 Å². The van der Waals surface area contributed by atoms with E-state index in [4.69, 9.17) is 11.6 Å². The molecule has 6 nitrogen and oxygen atoms in total. The summed E-state index contributed by atoms with van der Waals surface area (Å²) in [5.74, 6) is -0.635. The molecule has 0 spiro atoms. The van der Waals surface area contributed by atoms with Gasteiger partial charge in [0.15, 0.2) is 0 Å². The first-order chi connectivity index (χ1) is 13.9. The van der Waals surface area contributed by atoms with Crippen LogP contribution in [0.4, 0.5) is 10.1 Å². The molecule has 150 valence electrons. The Morgan fingerprint density at radius 2 is 2.14 bits per heavy atom. The molecule has 0 bridgehead atoms. The molecule has 2 N–H and O–H groups in total. The van der Waals surface area contributed by atoms with Crippen molar-refractivity contribution in [2.24, 2.45) is 11.0 Å². The number of rotatable bonds is 3. The minimum Gasteiger partial charge on any atom is -0.341 e. The van der Waals surface area contributed by atoms with Gasteiger partial charge in [0.1, 0.15) is 18.2 Å². The first kappa shape index (κ1) is 19.4. The lowest BCUT2D eigenvalue weighted by Crippen LogP contribution is -2.53. The molecule has 4 rings (SSSR count). The van der Waals surface area contributed by atoms with Crippen LogP contribution in [0.15, 0.2) is 47.6 Å². The van der Waals surface area contributed by atoms with E-state index in [9.17, 15) is 14.0 Å². The van der Waals surface area contributed by atoms with Crippen LogP contribution in [-0.2, 0) is 9.59 Å². The Morgan fingerprint density at radius 1 is 1.31 bits per heavy atom. The van der Waals surface area contributed by atoms with Crippen LogP contribution in [0.2, 0.25) is 5.02 Å². The first-order valence-electron chi connectivity index (χ1n) is 9.37. The monoisotopic (exact) mass is 414 g/mol. The minimum absolute atomic E-state index is 0.0698. The summed E-state index contributed by atoms with van der Waals surface area (Å²) >= 11 is 6.02. The SMILES string of the molecule is Cc1ccc(F)cc1[C@@H]1C(C(=O)Nc2cccc(Cl)c2)CCC2=NNC(=O)CN21. The number of halogens is 2. The van der Waals surface area contributed by atoms with Crippen molar-refractivity contribution in [1.29, 1.82) is 0 Å². The first-order valence-corrected chi connectivity index (χ1v) is 9.74. The highest BCUT2D eigenvalue weighted by Gasteiger charge is 2.42. The zero-order valence-electron chi connectivity index (χ0n) is 15.8. The summed E-state index contributed by atoms with van der Waals surface area (Å²) in [6, 6.07) is 10.9. The number of piperidine rings is 1. The van der Waals surface area contributed by atoms with E-state index < -0.39 is 12.0 Å². The molecular weight excluding hydrogens is 395 g/mol. The highest BCUT2D eigenvalue weighted by Crippen LogP contribution is 2.40. The number of nitrogens with one attached hydrogen (secondary N) is 2. The number of hydrazone groups is 1. The third-order valence-corrected chi connectivity index (χ3v) is 5.57. The van der Waals surface area contributed by atoms with E-state index in [-0.39, 0.29) is 24.2 Å². The van der Waals surface area contributed by atoms with E-state index in [1.807, 2.05) is 11.8 Å². The molecule has 8 heteroatoms. The summed E-state index contributed by atoms with van der Waals surface area (Å²) in [6.45, 7) is 1.94. The fourth-order valence-corrected chi connectivity index (χ4v) is 4.17. The number of benzene rings is 2. The number of carbonyl (C=O) groups excluding carboxylic acids is 2. The van der Waals surface area contributed by atoms with Gasteiger partial charge >= 0.3 is 0 Å². The standard InChI is InChI=1S/C21H20ClFN4O2/c1-12-5-6-14(23)10-17(12)20-16(7-8-18-25-26-19(28)11-27(18)20)21(29)24-15-4-2-3-13(22)9-15/h2-6,9-10,16,20H,7-8,11H2,1H3,(H,24,29)(H,26,28)/t16?,20-/m0/s1. The van der Waals surface area contributed by atoms with Gasteiger partial charge in [0.25, 0.3) is 5.91 Å². The lowest BCUT2D eigenvalue weighted by molar-refractivity contribution is -0.126. The fraction of sp³-hybridized carbons (Fsp3) is 0.286. The maximum absolute atomic E-state index is 14.1. The van der Waals surface area contributed by atoms with E-state index in [0.29, 0.717) is 35.0 Å². The fourth-order valence-electron chi connectivity index (χ4n) is 3.98. The van der Waals surface area contributed by atoms with Crippen molar-refractivity contribution < 1.29 is 14.0 Å². The number of carbonyl (C=O) groups is 2. The second-order valence-corrected chi connectivity index (χ2v) is 7.72. The summed E-state index contributed by atoms with van der Waals surface area (Å²) in [6.07, 6.45) is 1.07. The van der Waals surface area contributed by atoms with Crippen molar-refractivity contribution in [3.05, 3.63) is 64.4 Å². The molecule has 1 fully saturated rings. The van der Waals surface area contributed by atoms with Crippen molar-refractivity contribution in [3.63, 3.8) is 0 Å². The molecule has 2 aliphatic rings. The smallest absolute Gasteiger partial charge is 0.259 e. The van der Waals surface area contributed by atoms with Crippen molar-refractivity contribution in [3.8, 4) is 0 Å². The van der Waals surface area contributed by atoms with Crippen LogP contribution in [0.25, 0.3) is 0 Å². The Labute approximate surface area is 172 Å². The van der Waals surface area contributed by atoms with Crippen molar-refractivity contribution in [2.75, 3.05) is 11.9 Å². The molecule has 2 aromatic rings. The van der Waals surface area contributed by atoms with E-state index in [2.05, 4.69) is 15.8 Å². The quantitative estimate of drug-likeness (QED) is 0.805. The maximum atomic E-state index is 14.1. The van der Waals surface area contributed by atoms with Gasteiger partial charge in [0, 0.05) is 17.1 Å². The summed E-state index contributed by atoms with van der Waals surface area (Å²) in [5, 5.41) is 7.58. The summed E-state index contributed by atoms with van der Waals surface area (Å²) in [5.41, 5.74) is 4.61.